The Hall–Kier alpha value is -0.407. The molecular formula is C53H70BrF6K2N3O5S3. The van der Waals surface area contributed by atoms with Gasteiger partial charge in [0.25, 0.3) is 6.47 Å². The van der Waals surface area contributed by atoms with E-state index in [2.05, 4.69) is 88.1 Å². The summed E-state index contributed by atoms with van der Waals surface area (Å²) in [5.41, 5.74) is 7.66. The van der Waals surface area contributed by atoms with Crippen molar-refractivity contribution in [1.29, 1.82) is 0 Å². The minimum absolute atomic E-state index is 0. The van der Waals surface area contributed by atoms with Crippen molar-refractivity contribution in [3.05, 3.63) is 113 Å². The molecule has 0 spiro atoms. The van der Waals surface area contributed by atoms with E-state index < -0.39 is 24.2 Å². The molecule has 3 saturated carbocycles. The van der Waals surface area contributed by atoms with Gasteiger partial charge in [0.05, 0.1) is 0 Å². The molecule has 2 amide bonds. The van der Waals surface area contributed by atoms with Crippen molar-refractivity contribution in [3.8, 4) is 0 Å². The van der Waals surface area contributed by atoms with Gasteiger partial charge < -0.3 is 27.9 Å². The monoisotopic (exact) mass is 1200 g/mol. The van der Waals surface area contributed by atoms with Crippen LogP contribution in [0.1, 0.15) is 109 Å². The molecule has 0 aliphatic heterocycles. The molecule has 20 heteroatoms. The molecule has 0 unspecified atom stereocenters. The number of halogens is 7. The number of carbonyl (C=O) groups excluding carboxylic acids is 3. The van der Waals surface area contributed by atoms with Gasteiger partial charge in [-0.1, -0.05) is 134 Å². The van der Waals surface area contributed by atoms with Gasteiger partial charge in [-0.15, -0.1) is 41.9 Å². The van der Waals surface area contributed by atoms with E-state index in [-0.39, 0.29) is 124 Å². The normalized spacial score (nSPS) is 15.1. The SMILES string of the molecule is Brc1cccc(SCC2CCCCC2)c1.C=CCNC(=O)C(F)(F)F.NC/C=C/c1cccc(SCC2CCCCC2)c1.O=C(NC/C=C/c1cccc(SCC2CCCCC2)c1)C(F)(F)F.O=CO[O-].[H-].[K+].[K+]. The standard InChI is InChI=1S/C18H22F3NOS.C16H23NS.C13H17BrS.C5H6F3NO.CH2O3.2K.H/c19-18(20,21)17(23)22-11-5-9-14-8-4-10-16(12-14)24-13-15-6-2-1-3-7-15;17-11-5-9-14-8-4-10-16(12-14)18-13-15-6-2-1-3-7-15;14-12-7-4-8-13(9-12)15-10-11-5-2-1-3-6-11;1-2-3-9-4(10)5(6,7)8;2-1-4-3;;;/h4-5,8-10,12,15H,1-3,6-7,11,13H2,(H,22,23);4-5,8-10,12,15H,1-3,6-7,11,13,17H2;4,7-9,11H,1-3,5-6,10H2;2H,1,3H2,(H,9,10);1,3H;;;/q;;;;;2*+1;-1/p-1/b2*9-5+;;;;;;. The molecule has 8 nitrogen and oxygen atoms in total. The first-order valence-electron chi connectivity index (χ1n) is 24.0. The van der Waals surface area contributed by atoms with E-state index in [9.17, 15) is 35.9 Å². The average Bonchev–Trinajstić information content (AvgIpc) is 3.38. The number of amides is 2. The Morgan fingerprint density at radius 2 is 1.00 bits per heavy atom. The number of alkyl halides is 6. The number of nitrogens with one attached hydrogen (secondary N) is 2. The van der Waals surface area contributed by atoms with Crippen LogP contribution in [0, 0.1) is 17.8 Å². The Kier molecular flexibility index (Phi) is 44.2. The number of thioether (sulfide) groups is 3. The van der Waals surface area contributed by atoms with E-state index in [1.165, 1.54) is 145 Å². The summed E-state index contributed by atoms with van der Waals surface area (Å²) in [6, 6.07) is 25.3. The third-order valence-electron chi connectivity index (χ3n) is 11.2. The summed E-state index contributed by atoms with van der Waals surface area (Å²) in [4.78, 5) is 35.8. The first kappa shape index (κ1) is 72.6. The molecule has 3 aromatic rings. The maximum Gasteiger partial charge on any atom is 1.00 e. The second kappa shape index (κ2) is 44.4. The van der Waals surface area contributed by atoms with Gasteiger partial charge in [0, 0.05) is 56.1 Å². The summed E-state index contributed by atoms with van der Waals surface area (Å²) in [6.07, 6.45) is 20.0. The summed E-state index contributed by atoms with van der Waals surface area (Å²) in [6.45, 7) is 3.25. The fourth-order valence-electron chi connectivity index (χ4n) is 7.59. The molecular weight excluding hydrogens is 1130 g/mol. The van der Waals surface area contributed by atoms with E-state index in [4.69, 9.17) is 15.8 Å². The fourth-order valence-corrected chi connectivity index (χ4v) is 11.6. The number of rotatable bonds is 17. The quantitative estimate of drug-likeness (QED) is 0.0235. The Labute approximate surface area is 537 Å². The van der Waals surface area contributed by atoms with Gasteiger partial charge in [0.1, 0.15) is 0 Å². The van der Waals surface area contributed by atoms with Crippen LogP contribution in [0.25, 0.3) is 12.2 Å². The third kappa shape index (κ3) is 37.2. The van der Waals surface area contributed by atoms with Gasteiger partial charge in [-0.25, -0.2) is 0 Å². The van der Waals surface area contributed by atoms with Crippen LogP contribution < -0.4 is 124 Å². The smallest absolute Gasteiger partial charge is 1.00 e. The topological polar surface area (TPSA) is 134 Å². The Morgan fingerprint density at radius 1 is 0.644 bits per heavy atom. The molecule has 6 rings (SSSR count). The molecule has 3 aliphatic carbocycles. The molecule has 0 saturated heterocycles. The zero-order chi connectivity index (χ0) is 52.2. The fraction of sp³-hybridized carbons (Fsp3) is 0.491. The molecule has 3 aromatic carbocycles. The van der Waals surface area contributed by atoms with Crippen molar-refractivity contribution in [2.75, 3.05) is 36.9 Å². The molecule has 3 fully saturated rings. The van der Waals surface area contributed by atoms with Gasteiger partial charge >= 0.3 is 127 Å². The van der Waals surface area contributed by atoms with Crippen LogP contribution in [0.15, 0.2) is 117 Å². The predicted molar refractivity (Wildman–Crippen MR) is 283 cm³/mol. The number of carbonyl (C=O) groups is 3. The van der Waals surface area contributed by atoms with E-state index in [1.54, 1.807) is 11.4 Å². The third-order valence-corrected chi connectivity index (χ3v) is 15.4. The van der Waals surface area contributed by atoms with E-state index >= 15 is 0 Å². The molecule has 0 aromatic heterocycles. The maximum atomic E-state index is 12.1. The summed E-state index contributed by atoms with van der Waals surface area (Å²) in [5.74, 6) is 2.54. The van der Waals surface area contributed by atoms with Crippen LogP contribution in [0.5, 0.6) is 0 Å². The minimum atomic E-state index is -4.83. The van der Waals surface area contributed by atoms with Gasteiger partial charge in [-0.05, 0) is 110 Å². The van der Waals surface area contributed by atoms with Crippen molar-refractivity contribution in [3.63, 3.8) is 0 Å². The number of hydrogen-bond acceptors (Lipinski definition) is 9. The van der Waals surface area contributed by atoms with E-state index in [0.717, 1.165) is 29.1 Å². The van der Waals surface area contributed by atoms with Crippen molar-refractivity contribution in [2.45, 2.75) is 123 Å². The van der Waals surface area contributed by atoms with Gasteiger partial charge in [0.15, 0.2) is 0 Å². The summed E-state index contributed by atoms with van der Waals surface area (Å²) in [5, 5.41) is 11.8. The number of benzene rings is 3. The maximum absolute atomic E-state index is 12.1. The van der Waals surface area contributed by atoms with Crippen molar-refractivity contribution in [2.24, 2.45) is 23.5 Å². The second-order valence-corrected chi connectivity index (χ2v) is 21.2. The van der Waals surface area contributed by atoms with Crippen molar-refractivity contribution in [1.82, 2.24) is 10.6 Å². The Bertz CT molecular complexity index is 2030. The first-order valence-corrected chi connectivity index (χ1v) is 27.7. The molecule has 0 heterocycles. The van der Waals surface area contributed by atoms with Crippen molar-refractivity contribution >= 4 is 81.7 Å². The largest absolute Gasteiger partial charge is 1.00 e. The number of hydrogen-bond donors (Lipinski definition) is 3. The van der Waals surface area contributed by atoms with Crippen LogP contribution in [0.3, 0.4) is 0 Å². The molecule has 0 bridgehead atoms. The molecule has 0 radical (unpaired) electrons. The van der Waals surface area contributed by atoms with E-state index in [0.29, 0.717) is 6.54 Å². The van der Waals surface area contributed by atoms with Crippen LogP contribution in [-0.4, -0.2) is 67.5 Å². The second-order valence-electron chi connectivity index (χ2n) is 17.0. The summed E-state index contributed by atoms with van der Waals surface area (Å²) in [7, 11) is 0. The minimum Gasteiger partial charge on any atom is -1.00 e. The van der Waals surface area contributed by atoms with Crippen molar-refractivity contribution < 1.29 is 155 Å². The van der Waals surface area contributed by atoms with Crippen LogP contribution in [0.4, 0.5) is 26.3 Å². The summed E-state index contributed by atoms with van der Waals surface area (Å²) >= 11 is 9.37. The zero-order valence-electron chi connectivity index (χ0n) is 43.2. The molecule has 396 valence electrons. The van der Waals surface area contributed by atoms with Crippen LogP contribution >= 0.6 is 51.2 Å². The molecule has 4 N–H and O–H groups in total. The molecule has 73 heavy (non-hydrogen) atoms. The van der Waals surface area contributed by atoms with Gasteiger partial charge in [0.2, 0.25) is 0 Å². The molecule has 0 atom stereocenters. The van der Waals surface area contributed by atoms with Crippen LogP contribution in [0.2, 0.25) is 0 Å². The predicted octanol–water partition coefficient (Wildman–Crippen LogP) is 7.91. The summed E-state index contributed by atoms with van der Waals surface area (Å²) < 4.78 is 71.3. The molecule has 3 aliphatic rings. The Balaban J connectivity index is 0. The van der Waals surface area contributed by atoms with Crippen LogP contribution in [-0.2, 0) is 19.3 Å². The Morgan fingerprint density at radius 3 is 1.34 bits per heavy atom. The first-order chi connectivity index (χ1) is 34.1. The van der Waals surface area contributed by atoms with E-state index in [1.807, 2.05) is 64.9 Å². The average molecular weight is 1200 g/mol. The van der Waals surface area contributed by atoms with Gasteiger partial charge in [-0.3, -0.25) is 14.4 Å². The number of nitrogens with two attached hydrogens (primary N) is 1. The zero-order valence-corrected chi connectivity index (χ0v) is 52.5. The van der Waals surface area contributed by atoms with Gasteiger partial charge in [-0.2, -0.15) is 26.3 Å².